The molecule has 0 radical (unpaired) electrons. The molecule has 3 heteroatoms. The first-order chi connectivity index (χ1) is 6.27. The van der Waals surface area contributed by atoms with Crippen molar-refractivity contribution in [3.05, 3.63) is 35.4 Å². The van der Waals surface area contributed by atoms with E-state index in [9.17, 15) is 0 Å². The Balaban J connectivity index is 2.86. The average molecular weight is 175 g/mol. The number of nitriles is 1. The van der Waals surface area contributed by atoms with E-state index in [0.717, 1.165) is 11.1 Å². The summed E-state index contributed by atoms with van der Waals surface area (Å²) in [6.45, 7) is 0.427. The molecule has 0 aliphatic carbocycles. The molecule has 1 rings (SSSR count). The molecule has 0 spiro atoms. The molecule has 0 unspecified atom stereocenters. The van der Waals surface area contributed by atoms with Crippen LogP contribution in [0.5, 0.6) is 0 Å². The smallest absolute Gasteiger partial charge is 0.0669 e. The fourth-order valence-corrected chi connectivity index (χ4v) is 1.16. The summed E-state index contributed by atoms with van der Waals surface area (Å²) in [5, 5.41) is 8.50. The van der Waals surface area contributed by atoms with Gasteiger partial charge in [-0.1, -0.05) is 24.3 Å². The van der Waals surface area contributed by atoms with E-state index in [2.05, 4.69) is 6.07 Å². The van der Waals surface area contributed by atoms with Crippen LogP contribution >= 0.6 is 0 Å². The molecule has 0 fully saturated rings. The maximum absolute atomic E-state index is 8.50. The van der Waals surface area contributed by atoms with Gasteiger partial charge in [-0.2, -0.15) is 5.26 Å². The second-order valence-electron chi connectivity index (χ2n) is 2.92. The molecule has 0 aliphatic rings. The molecule has 13 heavy (non-hydrogen) atoms. The summed E-state index contributed by atoms with van der Waals surface area (Å²) in [5.74, 6) is 0. The van der Waals surface area contributed by atoms with Crippen LogP contribution in [-0.4, -0.2) is 6.54 Å². The third-order valence-corrected chi connectivity index (χ3v) is 1.92. The number of hydrogen-bond acceptors (Lipinski definition) is 3. The van der Waals surface area contributed by atoms with Gasteiger partial charge in [-0.05, 0) is 11.1 Å². The van der Waals surface area contributed by atoms with Gasteiger partial charge in [-0.15, -0.1) is 0 Å². The van der Waals surface area contributed by atoms with E-state index in [-0.39, 0.29) is 6.04 Å². The van der Waals surface area contributed by atoms with E-state index in [1.165, 1.54) is 0 Å². The van der Waals surface area contributed by atoms with Crippen LogP contribution in [0.1, 0.15) is 17.2 Å². The summed E-state index contributed by atoms with van der Waals surface area (Å²) in [7, 11) is 0. The van der Waals surface area contributed by atoms with Crippen LogP contribution in [0.2, 0.25) is 0 Å². The first kappa shape index (κ1) is 9.72. The van der Waals surface area contributed by atoms with Crippen molar-refractivity contribution in [3.8, 4) is 6.07 Å². The van der Waals surface area contributed by atoms with E-state index in [4.69, 9.17) is 16.7 Å². The van der Waals surface area contributed by atoms with Crippen molar-refractivity contribution in [3.63, 3.8) is 0 Å². The summed E-state index contributed by atoms with van der Waals surface area (Å²) in [5.41, 5.74) is 13.2. The average Bonchev–Trinajstić information content (AvgIpc) is 2.18. The molecule has 0 saturated carbocycles. The minimum absolute atomic E-state index is 0.126. The summed E-state index contributed by atoms with van der Waals surface area (Å²) < 4.78 is 0. The molecule has 0 bridgehead atoms. The molecule has 0 heterocycles. The zero-order valence-electron chi connectivity index (χ0n) is 7.40. The Labute approximate surface area is 78.0 Å². The number of nitrogens with two attached hydrogens (primary N) is 2. The molecule has 0 aromatic heterocycles. The molecule has 1 atom stereocenters. The van der Waals surface area contributed by atoms with Crippen molar-refractivity contribution < 1.29 is 0 Å². The highest BCUT2D eigenvalue weighted by Crippen LogP contribution is 2.11. The van der Waals surface area contributed by atoms with Gasteiger partial charge in [0.05, 0.1) is 12.5 Å². The molecule has 0 aliphatic heterocycles. The Morgan fingerprint density at radius 1 is 1.46 bits per heavy atom. The Bertz CT molecular complexity index is 314. The Morgan fingerprint density at radius 3 is 2.85 bits per heavy atom. The fourth-order valence-electron chi connectivity index (χ4n) is 1.16. The standard InChI is InChI=1S/C10H13N3/c11-5-4-8-2-1-3-9(6-8)10(13)7-12/h1-3,6,10H,4,7,12-13H2/t10-/m1/s1. The third-order valence-electron chi connectivity index (χ3n) is 1.92. The molecule has 68 valence electrons. The molecular formula is C10H13N3. The normalized spacial score (nSPS) is 12.1. The van der Waals surface area contributed by atoms with Crippen LogP contribution in [-0.2, 0) is 6.42 Å². The topological polar surface area (TPSA) is 75.8 Å². The van der Waals surface area contributed by atoms with Gasteiger partial charge in [0, 0.05) is 12.6 Å². The van der Waals surface area contributed by atoms with Gasteiger partial charge in [0.15, 0.2) is 0 Å². The van der Waals surface area contributed by atoms with Gasteiger partial charge in [0.1, 0.15) is 0 Å². The largest absolute Gasteiger partial charge is 0.329 e. The van der Waals surface area contributed by atoms with E-state index >= 15 is 0 Å². The van der Waals surface area contributed by atoms with E-state index in [0.29, 0.717) is 13.0 Å². The second-order valence-corrected chi connectivity index (χ2v) is 2.92. The quantitative estimate of drug-likeness (QED) is 0.710. The maximum Gasteiger partial charge on any atom is 0.0669 e. The van der Waals surface area contributed by atoms with Crippen LogP contribution in [0, 0.1) is 11.3 Å². The fraction of sp³-hybridized carbons (Fsp3) is 0.300. The Kier molecular flexibility index (Phi) is 3.44. The van der Waals surface area contributed by atoms with Crippen LogP contribution in [0.15, 0.2) is 24.3 Å². The molecule has 3 nitrogen and oxygen atoms in total. The first-order valence-electron chi connectivity index (χ1n) is 4.19. The van der Waals surface area contributed by atoms with Crippen LogP contribution < -0.4 is 11.5 Å². The van der Waals surface area contributed by atoms with Gasteiger partial charge < -0.3 is 11.5 Å². The van der Waals surface area contributed by atoms with Crippen molar-refractivity contribution in [2.75, 3.05) is 6.54 Å². The van der Waals surface area contributed by atoms with Crippen LogP contribution in [0.4, 0.5) is 0 Å². The lowest BCUT2D eigenvalue weighted by Crippen LogP contribution is -2.20. The number of nitrogens with zero attached hydrogens (tertiary/aromatic N) is 1. The molecule has 4 N–H and O–H groups in total. The summed E-state index contributed by atoms with van der Waals surface area (Å²) in [6, 6.07) is 9.64. The number of hydrogen-bond donors (Lipinski definition) is 2. The number of benzene rings is 1. The Hall–Kier alpha value is -1.37. The third kappa shape index (κ3) is 2.55. The summed E-state index contributed by atoms with van der Waals surface area (Å²) >= 11 is 0. The highest BCUT2D eigenvalue weighted by Gasteiger charge is 2.03. The maximum atomic E-state index is 8.50. The highest BCUT2D eigenvalue weighted by atomic mass is 14.7. The first-order valence-corrected chi connectivity index (χ1v) is 4.19. The van der Waals surface area contributed by atoms with Crippen LogP contribution in [0.3, 0.4) is 0 Å². The number of rotatable bonds is 3. The monoisotopic (exact) mass is 175 g/mol. The lowest BCUT2D eigenvalue weighted by Gasteiger charge is -2.09. The van der Waals surface area contributed by atoms with Crippen molar-refractivity contribution in [1.82, 2.24) is 0 Å². The van der Waals surface area contributed by atoms with Crippen molar-refractivity contribution >= 4 is 0 Å². The molecular weight excluding hydrogens is 162 g/mol. The van der Waals surface area contributed by atoms with Gasteiger partial charge in [-0.25, -0.2) is 0 Å². The lowest BCUT2D eigenvalue weighted by molar-refractivity contribution is 0.736. The zero-order valence-corrected chi connectivity index (χ0v) is 7.40. The van der Waals surface area contributed by atoms with Crippen LogP contribution in [0.25, 0.3) is 0 Å². The van der Waals surface area contributed by atoms with Gasteiger partial charge in [0.2, 0.25) is 0 Å². The van der Waals surface area contributed by atoms with Gasteiger partial charge >= 0.3 is 0 Å². The summed E-state index contributed by atoms with van der Waals surface area (Å²) in [4.78, 5) is 0. The van der Waals surface area contributed by atoms with Gasteiger partial charge in [0.25, 0.3) is 0 Å². The molecule has 0 saturated heterocycles. The van der Waals surface area contributed by atoms with Crippen molar-refractivity contribution in [2.45, 2.75) is 12.5 Å². The minimum Gasteiger partial charge on any atom is -0.329 e. The molecule has 0 amide bonds. The summed E-state index contributed by atoms with van der Waals surface area (Å²) in [6.07, 6.45) is 0.422. The van der Waals surface area contributed by atoms with Crippen molar-refractivity contribution in [2.24, 2.45) is 11.5 Å². The molecule has 1 aromatic carbocycles. The van der Waals surface area contributed by atoms with E-state index in [1.807, 2.05) is 24.3 Å². The second kappa shape index (κ2) is 4.61. The van der Waals surface area contributed by atoms with E-state index < -0.39 is 0 Å². The van der Waals surface area contributed by atoms with E-state index in [1.54, 1.807) is 0 Å². The predicted molar refractivity (Wildman–Crippen MR) is 51.7 cm³/mol. The lowest BCUT2D eigenvalue weighted by atomic mass is 10.0. The minimum atomic E-state index is -0.126. The van der Waals surface area contributed by atoms with Crippen molar-refractivity contribution in [1.29, 1.82) is 5.26 Å². The highest BCUT2D eigenvalue weighted by molar-refractivity contribution is 5.27. The Morgan fingerprint density at radius 2 is 2.23 bits per heavy atom. The van der Waals surface area contributed by atoms with Gasteiger partial charge in [-0.3, -0.25) is 0 Å². The molecule has 1 aromatic rings. The SMILES string of the molecule is N#CCc1cccc([C@H](N)CN)c1. The zero-order chi connectivity index (χ0) is 9.68. The predicted octanol–water partition coefficient (Wildman–Crippen LogP) is 0.711.